The molecule has 114 valence electrons. The summed E-state index contributed by atoms with van der Waals surface area (Å²) >= 11 is 0. The summed E-state index contributed by atoms with van der Waals surface area (Å²) in [6.45, 7) is 3.45. The van der Waals surface area contributed by atoms with E-state index in [4.69, 9.17) is 9.84 Å². The van der Waals surface area contributed by atoms with E-state index in [1.807, 2.05) is 18.2 Å². The Balaban J connectivity index is 2.60. The van der Waals surface area contributed by atoms with Crippen LogP contribution < -0.4 is 15.4 Å². The number of para-hydroxylation sites is 1. The van der Waals surface area contributed by atoms with Gasteiger partial charge in [-0.2, -0.15) is 0 Å². The lowest BCUT2D eigenvalue weighted by Crippen LogP contribution is -2.47. The number of urea groups is 1. The van der Waals surface area contributed by atoms with Crippen LogP contribution in [0.15, 0.2) is 30.5 Å². The maximum absolute atomic E-state index is 11.6. The Kier molecular flexibility index (Phi) is 6.26. The number of carbonyl (C=O) groups is 2. The van der Waals surface area contributed by atoms with E-state index < -0.39 is 18.0 Å². The molecule has 21 heavy (non-hydrogen) atoms. The van der Waals surface area contributed by atoms with E-state index in [0.717, 1.165) is 5.56 Å². The number of benzene rings is 1. The lowest BCUT2D eigenvalue weighted by atomic mass is 10.1. The summed E-state index contributed by atoms with van der Waals surface area (Å²) in [6, 6.07) is 5.84. The third-order valence-electron chi connectivity index (χ3n) is 2.84. The molecule has 0 aliphatic heterocycles. The topological polar surface area (TPSA) is 87.7 Å². The summed E-state index contributed by atoms with van der Waals surface area (Å²) in [5.74, 6) is -0.582. The minimum atomic E-state index is -1.06. The maximum Gasteiger partial charge on any atom is 0.326 e. The fraction of sp³-hybridized carbons (Fsp3) is 0.333. The van der Waals surface area contributed by atoms with Gasteiger partial charge in [0, 0.05) is 11.8 Å². The van der Waals surface area contributed by atoms with Crippen LogP contribution in [0.25, 0.3) is 6.08 Å². The fourth-order valence-electron chi connectivity index (χ4n) is 1.71. The highest BCUT2D eigenvalue weighted by Gasteiger charge is 2.22. The Morgan fingerprint density at radius 1 is 1.29 bits per heavy atom. The number of hydrogen-bond donors (Lipinski definition) is 3. The molecule has 0 saturated carbocycles. The zero-order valence-electron chi connectivity index (χ0n) is 12.3. The molecule has 3 N–H and O–H groups in total. The van der Waals surface area contributed by atoms with E-state index in [0.29, 0.717) is 5.75 Å². The zero-order chi connectivity index (χ0) is 15.8. The van der Waals surface area contributed by atoms with Crippen molar-refractivity contribution in [2.45, 2.75) is 19.9 Å². The van der Waals surface area contributed by atoms with Gasteiger partial charge in [0.2, 0.25) is 0 Å². The number of aliphatic carboxylic acids is 1. The Bertz CT molecular complexity index is 526. The van der Waals surface area contributed by atoms with Crippen molar-refractivity contribution in [2.24, 2.45) is 5.92 Å². The molecule has 0 aliphatic carbocycles. The Labute approximate surface area is 123 Å². The lowest BCUT2D eigenvalue weighted by molar-refractivity contribution is -0.140. The zero-order valence-corrected chi connectivity index (χ0v) is 12.3. The standard InChI is InChI=1S/C15H20N2O4/c1-10(2)13(14(18)19)17-15(20)16-9-8-11-6-4-5-7-12(11)21-3/h4-10,13H,1-3H3,(H,18,19)(H2,16,17,20)/b9-8+. The van der Waals surface area contributed by atoms with Crippen LogP contribution >= 0.6 is 0 Å². The number of ether oxygens (including phenoxy) is 1. The van der Waals surface area contributed by atoms with E-state index in [9.17, 15) is 9.59 Å². The first kappa shape index (κ1) is 16.6. The molecule has 0 spiro atoms. The van der Waals surface area contributed by atoms with Crippen molar-refractivity contribution in [3.8, 4) is 5.75 Å². The molecule has 2 amide bonds. The molecule has 1 aromatic rings. The van der Waals surface area contributed by atoms with Crippen molar-refractivity contribution in [2.75, 3.05) is 7.11 Å². The SMILES string of the molecule is COc1ccccc1/C=C/NC(=O)NC(C(=O)O)C(C)C. The highest BCUT2D eigenvalue weighted by atomic mass is 16.5. The van der Waals surface area contributed by atoms with E-state index in [-0.39, 0.29) is 5.92 Å². The normalized spacial score (nSPS) is 12.2. The van der Waals surface area contributed by atoms with Gasteiger partial charge in [-0.3, -0.25) is 0 Å². The molecular formula is C15H20N2O4. The minimum absolute atomic E-state index is 0.202. The maximum atomic E-state index is 11.6. The summed E-state index contributed by atoms with van der Waals surface area (Å²) in [5, 5.41) is 13.9. The molecule has 1 unspecified atom stereocenters. The van der Waals surface area contributed by atoms with Crippen molar-refractivity contribution >= 4 is 18.1 Å². The van der Waals surface area contributed by atoms with Crippen molar-refractivity contribution in [3.05, 3.63) is 36.0 Å². The molecule has 6 nitrogen and oxygen atoms in total. The smallest absolute Gasteiger partial charge is 0.326 e. The largest absolute Gasteiger partial charge is 0.496 e. The number of amides is 2. The van der Waals surface area contributed by atoms with Gasteiger partial charge >= 0.3 is 12.0 Å². The molecule has 0 bridgehead atoms. The van der Waals surface area contributed by atoms with Gasteiger partial charge in [0.1, 0.15) is 11.8 Å². The summed E-state index contributed by atoms with van der Waals surface area (Å²) < 4.78 is 5.17. The van der Waals surface area contributed by atoms with Crippen LogP contribution in [0.5, 0.6) is 5.75 Å². The summed E-state index contributed by atoms with van der Waals surface area (Å²) in [6.07, 6.45) is 3.11. The molecule has 1 aromatic carbocycles. The average Bonchev–Trinajstić information content (AvgIpc) is 2.44. The number of hydrogen-bond acceptors (Lipinski definition) is 3. The number of rotatable bonds is 6. The molecule has 6 heteroatoms. The summed E-state index contributed by atoms with van der Waals surface area (Å²) in [7, 11) is 1.56. The lowest BCUT2D eigenvalue weighted by Gasteiger charge is -2.17. The number of carbonyl (C=O) groups excluding carboxylic acids is 1. The van der Waals surface area contributed by atoms with Gasteiger partial charge in [0.15, 0.2) is 0 Å². The minimum Gasteiger partial charge on any atom is -0.496 e. The first-order chi connectivity index (χ1) is 9.95. The van der Waals surface area contributed by atoms with Crippen LogP contribution in [0, 0.1) is 5.92 Å². The van der Waals surface area contributed by atoms with Gasteiger partial charge in [-0.1, -0.05) is 32.0 Å². The second-order valence-electron chi connectivity index (χ2n) is 4.75. The third kappa shape index (κ3) is 5.18. The second kappa shape index (κ2) is 7.94. The molecule has 0 aromatic heterocycles. The van der Waals surface area contributed by atoms with Crippen LogP contribution in [-0.4, -0.2) is 30.3 Å². The number of carboxylic acids is 1. The highest BCUT2D eigenvalue weighted by Crippen LogP contribution is 2.18. The quantitative estimate of drug-likeness (QED) is 0.749. The average molecular weight is 292 g/mol. The predicted molar refractivity (Wildman–Crippen MR) is 80.0 cm³/mol. The summed E-state index contributed by atoms with van der Waals surface area (Å²) in [5.41, 5.74) is 0.805. The van der Waals surface area contributed by atoms with E-state index in [2.05, 4.69) is 10.6 Å². The Morgan fingerprint density at radius 2 is 1.95 bits per heavy atom. The van der Waals surface area contributed by atoms with Crippen LogP contribution in [0.1, 0.15) is 19.4 Å². The van der Waals surface area contributed by atoms with Crippen molar-refractivity contribution < 1.29 is 19.4 Å². The third-order valence-corrected chi connectivity index (χ3v) is 2.84. The number of methoxy groups -OCH3 is 1. The molecule has 0 aliphatic rings. The van der Waals surface area contributed by atoms with E-state index in [1.165, 1.54) is 6.20 Å². The number of nitrogens with one attached hydrogen (secondary N) is 2. The van der Waals surface area contributed by atoms with Crippen molar-refractivity contribution in [1.82, 2.24) is 10.6 Å². The molecule has 1 atom stereocenters. The van der Waals surface area contributed by atoms with Crippen LogP contribution in [-0.2, 0) is 4.79 Å². The van der Waals surface area contributed by atoms with Crippen molar-refractivity contribution in [3.63, 3.8) is 0 Å². The van der Waals surface area contributed by atoms with Gasteiger partial charge in [-0.25, -0.2) is 9.59 Å². The fourth-order valence-corrected chi connectivity index (χ4v) is 1.71. The molecule has 0 heterocycles. The van der Waals surface area contributed by atoms with Gasteiger partial charge in [-0.15, -0.1) is 0 Å². The van der Waals surface area contributed by atoms with E-state index in [1.54, 1.807) is 33.1 Å². The van der Waals surface area contributed by atoms with Crippen LogP contribution in [0.2, 0.25) is 0 Å². The Morgan fingerprint density at radius 3 is 2.52 bits per heavy atom. The van der Waals surface area contributed by atoms with Gasteiger partial charge in [-0.05, 0) is 18.1 Å². The summed E-state index contributed by atoms with van der Waals surface area (Å²) in [4.78, 5) is 22.6. The molecule has 0 fully saturated rings. The Hall–Kier alpha value is -2.50. The van der Waals surface area contributed by atoms with Gasteiger partial charge in [0.25, 0.3) is 0 Å². The predicted octanol–water partition coefficient (Wildman–Crippen LogP) is 2.07. The van der Waals surface area contributed by atoms with Gasteiger partial charge in [0.05, 0.1) is 7.11 Å². The van der Waals surface area contributed by atoms with E-state index >= 15 is 0 Å². The first-order valence-corrected chi connectivity index (χ1v) is 6.55. The first-order valence-electron chi connectivity index (χ1n) is 6.55. The monoisotopic (exact) mass is 292 g/mol. The second-order valence-corrected chi connectivity index (χ2v) is 4.75. The van der Waals surface area contributed by atoms with Gasteiger partial charge < -0.3 is 20.5 Å². The molecular weight excluding hydrogens is 272 g/mol. The van der Waals surface area contributed by atoms with Crippen LogP contribution in [0.3, 0.4) is 0 Å². The van der Waals surface area contributed by atoms with Crippen LogP contribution in [0.4, 0.5) is 4.79 Å². The molecule has 1 rings (SSSR count). The molecule has 0 radical (unpaired) electrons. The number of carboxylic acid groups (broad SMARTS) is 1. The van der Waals surface area contributed by atoms with Crippen molar-refractivity contribution in [1.29, 1.82) is 0 Å². The highest BCUT2D eigenvalue weighted by molar-refractivity contribution is 5.83. The molecule has 0 saturated heterocycles.